The molecule has 1 unspecified atom stereocenters. The first-order chi connectivity index (χ1) is 17.9. The van der Waals surface area contributed by atoms with E-state index in [0.717, 1.165) is 22.3 Å². The maximum Gasteiger partial charge on any atom is 0.347 e. The minimum atomic E-state index is -1.58. The van der Waals surface area contributed by atoms with Crippen molar-refractivity contribution in [1.82, 2.24) is 4.98 Å². The zero-order valence-electron chi connectivity index (χ0n) is 19.6. The average Bonchev–Trinajstić information content (AvgIpc) is 2.91. The van der Waals surface area contributed by atoms with Crippen LogP contribution in [0.4, 0.5) is 8.78 Å². The van der Waals surface area contributed by atoms with Crippen molar-refractivity contribution in [2.75, 3.05) is 6.61 Å². The molecular formula is C28H24F2N2O5. The van der Waals surface area contributed by atoms with Crippen LogP contribution in [0.3, 0.4) is 0 Å². The summed E-state index contributed by atoms with van der Waals surface area (Å²) in [5.41, 5.74) is 9.15. The highest BCUT2D eigenvalue weighted by Crippen LogP contribution is 2.30. The zero-order chi connectivity index (χ0) is 26.2. The zero-order valence-corrected chi connectivity index (χ0v) is 19.6. The minimum absolute atomic E-state index is 0.131. The molecule has 0 radical (unpaired) electrons. The molecule has 190 valence electrons. The van der Waals surface area contributed by atoms with Crippen LogP contribution in [0.5, 0.6) is 17.5 Å². The molecule has 1 aromatic heterocycles. The van der Waals surface area contributed by atoms with Gasteiger partial charge in [0.2, 0.25) is 6.10 Å². The van der Waals surface area contributed by atoms with Gasteiger partial charge in [0, 0.05) is 12.6 Å². The number of nitrogens with two attached hydrogens (primary N) is 1. The summed E-state index contributed by atoms with van der Waals surface area (Å²) in [6.45, 7) is 0.126. The van der Waals surface area contributed by atoms with Gasteiger partial charge in [-0.2, -0.15) is 4.98 Å². The maximum atomic E-state index is 14.5. The highest BCUT2D eigenvalue weighted by molar-refractivity contribution is 5.73. The van der Waals surface area contributed by atoms with Crippen LogP contribution in [0.2, 0.25) is 0 Å². The summed E-state index contributed by atoms with van der Waals surface area (Å²) in [5, 5.41) is 9.49. The Bertz CT molecular complexity index is 1370. The van der Waals surface area contributed by atoms with Crippen LogP contribution in [-0.2, 0) is 22.7 Å². The SMILES string of the molecule is NCc1cccc(-c2cccc(Oc3nc(OC(COCc4ccccc4)C(=O)O)c(F)cc3F)c2)c1. The van der Waals surface area contributed by atoms with E-state index in [9.17, 15) is 18.7 Å². The average molecular weight is 507 g/mol. The molecule has 37 heavy (non-hydrogen) atoms. The van der Waals surface area contributed by atoms with Gasteiger partial charge in [-0.05, 0) is 40.5 Å². The predicted octanol–water partition coefficient (Wildman–Crippen LogP) is 5.33. The standard InChI is InChI=1S/C28H24F2N2O5/c29-23-14-24(30)27(37-25(28(33)34)17-35-16-18-6-2-1-3-7-18)32-26(23)36-22-11-5-10-21(13-22)20-9-4-8-19(12-20)15-31/h1-14,25H,15-17,31H2,(H,33,34). The molecule has 0 bridgehead atoms. The molecular weight excluding hydrogens is 482 g/mol. The van der Waals surface area contributed by atoms with Crippen molar-refractivity contribution in [3.8, 4) is 28.6 Å². The summed E-state index contributed by atoms with van der Waals surface area (Å²) in [4.78, 5) is 15.4. The summed E-state index contributed by atoms with van der Waals surface area (Å²) in [6.07, 6.45) is -1.58. The lowest BCUT2D eigenvalue weighted by Gasteiger charge is -2.16. The monoisotopic (exact) mass is 506 g/mol. The second-order valence-corrected chi connectivity index (χ2v) is 8.04. The van der Waals surface area contributed by atoms with Crippen LogP contribution in [0.25, 0.3) is 11.1 Å². The number of carboxylic acids is 1. The lowest BCUT2D eigenvalue weighted by atomic mass is 10.0. The summed E-state index contributed by atoms with van der Waals surface area (Å²) in [6, 6.07) is 24.0. The number of benzene rings is 3. The number of aliphatic carboxylic acids is 1. The molecule has 0 aliphatic heterocycles. The Morgan fingerprint density at radius 1 is 0.865 bits per heavy atom. The molecule has 0 saturated heterocycles. The lowest BCUT2D eigenvalue weighted by molar-refractivity contribution is -0.148. The number of carbonyl (C=O) groups is 1. The fourth-order valence-corrected chi connectivity index (χ4v) is 3.47. The maximum absolute atomic E-state index is 14.5. The van der Waals surface area contributed by atoms with Crippen molar-refractivity contribution in [2.45, 2.75) is 19.3 Å². The molecule has 1 heterocycles. The van der Waals surface area contributed by atoms with Crippen molar-refractivity contribution in [2.24, 2.45) is 5.73 Å². The highest BCUT2D eigenvalue weighted by Gasteiger charge is 2.24. The minimum Gasteiger partial charge on any atom is -0.478 e. The molecule has 7 nitrogen and oxygen atoms in total. The van der Waals surface area contributed by atoms with Gasteiger partial charge < -0.3 is 25.1 Å². The first-order valence-corrected chi connectivity index (χ1v) is 11.4. The number of ether oxygens (including phenoxy) is 3. The number of halogens is 2. The Hall–Kier alpha value is -4.34. The number of pyridine rings is 1. The Morgan fingerprint density at radius 3 is 2.27 bits per heavy atom. The van der Waals surface area contributed by atoms with Gasteiger partial charge in [0.1, 0.15) is 5.75 Å². The van der Waals surface area contributed by atoms with Gasteiger partial charge in [-0.1, -0.05) is 60.7 Å². The number of rotatable bonds is 11. The van der Waals surface area contributed by atoms with Gasteiger partial charge >= 0.3 is 5.97 Å². The summed E-state index contributed by atoms with van der Waals surface area (Å²) >= 11 is 0. The van der Waals surface area contributed by atoms with Gasteiger partial charge in [-0.3, -0.25) is 0 Å². The number of hydrogen-bond donors (Lipinski definition) is 2. The van der Waals surface area contributed by atoms with Gasteiger partial charge in [0.15, 0.2) is 11.6 Å². The fraction of sp³-hybridized carbons (Fsp3) is 0.143. The molecule has 3 aromatic carbocycles. The second-order valence-electron chi connectivity index (χ2n) is 8.04. The van der Waals surface area contributed by atoms with E-state index in [1.54, 1.807) is 18.2 Å². The molecule has 0 aliphatic carbocycles. The summed E-state index contributed by atoms with van der Waals surface area (Å²) in [5.74, 6) is -4.70. The largest absolute Gasteiger partial charge is 0.478 e. The van der Waals surface area contributed by atoms with Crippen LogP contribution >= 0.6 is 0 Å². The van der Waals surface area contributed by atoms with Gasteiger partial charge in [-0.25, -0.2) is 13.6 Å². The van der Waals surface area contributed by atoms with Gasteiger partial charge in [0.25, 0.3) is 11.8 Å². The van der Waals surface area contributed by atoms with Crippen molar-refractivity contribution in [3.05, 3.63) is 108 Å². The third kappa shape index (κ3) is 6.87. The number of nitrogens with zero attached hydrogens (tertiary/aromatic N) is 1. The second kappa shape index (κ2) is 12.1. The molecule has 0 saturated carbocycles. The van der Waals surface area contributed by atoms with E-state index in [1.165, 1.54) is 0 Å². The van der Waals surface area contributed by atoms with E-state index < -0.39 is 35.5 Å². The quantitative estimate of drug-likeness (QED) is 0.284. The third-order valence-corrected chi connectivity index (χ3v) is 5.32. The third-order valence-electron chi connectivity index (χ3n) is 5.32. The van der Waals surface area contributed by atoms with E-state index >= 15 is 0 Å². The smallest absolute Gasteiger partial charge is 0.347 e. The molecule has 4 aromatic rings. The van der Waals surface area contributed by atoms with Crippen LogP contribution < -0.4 is 15.2 Å². The molecule has 0 amide bonds. The van der Waals surface area contributed by atoms with E-state index in [2.05, 4.69) is 4.98 Å². The summed E-state index contributed by atoms with van der Waals surface area (Å²) in [7, 11) is 0. The normalized spacial score (nSPS) is 11.6. The molecule has 3 N–H and O–H groups in total. The molecule has 0 aliphatic rings. The first-order valence-electron chi connectivity index (χ1n) is 11.4. The summed E-state index contributed by atoms with van der Waals surface area (Å²) < 4.78 is 45.1. The molecule has 4 rings (SSSR count). The number of aromatic nitrogens is 1. The van der Waals surface area contributed by atoms with Gasteiger partial charge in [0.05, 0.1) is 13.2 Å². The molecule has 1 atom stereocenters. The van der Waals surface area contributed by atoms with Crippen LogP contribution in [0.1, 0.15) is 11.1 Å². The topological polar surface area (TPSA) is 104 Å². The number of carboxylic acid groups (broad SMARTS) is 1. The highest BCUT2D eigenvalue weighted by atomic mass is 19.1. The van der Waals surface area contributed by atoms with Gasteiger partial charge in [-0.15, -0.1) is 0 Å². The van der Waals surface area contributed by atoms with Crippen LogP contribution in [0.15, 0.2) is 84.9 Å². The van der Waals surface area contributed by atoms with Crippen molar-refractivity contribution < 1.29 is 32.9 Å². The molecule has 0 fully saturated rings. The Morgan fingerprint density at radius 2 is 1.54 bits per heavy atom. The van der Waals surface area contributed by atoms with E-state index in [0.29, 0.717) is 12.6 Å². The number of hydrogen-bond acceptors (Lipinski definition) is 6. The van der Waals surface area contributed by atoms with Crippen LogP contribution in [0, 0.1) is 11.6 Å². The van der Waals surface area contributed by atoms with Crippen molar-refractivity contribution >= 4 is 5.97 Å². The van der Waals surface area contributed by atoms with Crippen molar-refractivity contribution in [1.29, 1.82) is 0 Å². The molecule has 9 heteroatoms. The Balaban J connectivity index is 1.49. The predicted molar refractivity (Wildman–Crippen MR) is 132 cm³/mol. The van der Waals surface area contributed by atoms with Crippen molar-refractivity contribution in [3.63, 3.8) is 0 Å². The fourth-order valence-electron chi connectivity index (χ4n) is 3.47. The van der Waals surface area contributed by atoms with E-state index in [1.807, 2.05) is 60.7 Å². The Labute approximate surface area is 212 Å². The lowest BCUT2D eigenvalue weighted by Crippen LogP contribution is -2.32. The van der Waals surface area contributed by atoms with E-state index in [4.69, 9.17) is 19.9 Å². The van der Waals surface area contributed by atoms with E-state index in [-0.39, 0.29) is 19.0 Å². The Kier molecular flexibility index (Phi) is 8.40. The first kappa shape index (κ1) is 25.7. The van der Waals surface area contributed by atoms with Crippen LogP contribution in [-0.4, -0.2) is 28.8 Å². The molecule has 0 spiro atoms.